The van der Waals surface area contributed by atoms with Crippen LogP contribution in [0.5, 0.6) is 5.75 Å². The smallest absolute Gasteiger partial charge is 0.258 e. The Morgan fingerprint density at radius 3 is 3.10 bits per heavy atom. The normalized spacial score (nSPS) is 12.3. The Bertz CT molecular complexity index is 594. The molecule has 108 valence electrons. The van der Waals surface area contributed by atoms with Gasteiger partial charge in [0.05, 0.1) is 11.9 Å². The lowest BCUT2D eigenvalue weighted by Crippen LogP contribution is -2.35. The molecule has 3 N–H and O–H groups in total. The van der Waals surface area contributed by atoms with Crippen molar-refractivity contribution in [3.05, 3.63) is 30.2 Å². The van der Waals surface area contributed by atoms with Gasteiger partial charge in [-0.05, 0) is 25.5 Å². The van der Waals surface area contributed by atoms with Gasteiger partial charge in [-0.1, -0.05) is 6.92 Å². The largest absolute Gasteiger partial charge is 0.480 e. The number of hydrogen-bond donors (Lipinski definition) is 2. The molecule has 1 amide bonds. The molecule has 0 fully saturated rings. The molecule has 6 nitrogen and oxygen atoms in total. The predicted octanol–water partition coefficient (Wildman–Crippen LogP) is 1.09. The molecule has 0 aliphatic heterocycles. The van der Waals surface area contributed by atoms with Gasteiger partial charge in [0, 0.05) is 18.8 Å². The molecule has 2 heterocycles. The number of carbonyl (C=O) groups excluding carboxylic acids is 1. The van der Waals surface area contributed by atoms with Gasteiger partial charge < -0.3 is 15.8 Å². The number of fused-ring (bicyclic) bond motifs is 1. The van der Waals surface area contributed by atoms with Crippen LogP contribution in [0.25, 0.3) is 5.65 Å². The predicted molar refractivity (Wildman–Crippen MR) is 76.5 cm³/mol. The topological polar surface area (TPSA) is 81.6 Å². The highest BCUT2D eigenvalue weighted by molar-refractivity contribution is 5.78. The molecular weight excluding hydrogens is 256 g/mol. The summed E-state index contributed by atoms with van der Waals surface area (Å²) in [6.07, 6.45) is 4.47. The quantitative estimate of drug-likeness (QED) is 0.827. The van der Waals surface area contributed by atoms with Crippen LogP contribution in [0.3, 0.4) is 0 Å². The van der Waals surface area contributed by atoms with Crippen molar-refractivity contribution >= 4 is 11.6 Å². The van der Waals surface area contributed by atoms with Crippen molar-refractivity contribution in [3.63, 3.8) is 0 Å². The highest BCUT2D eigenvalue weighted by Crippen LogP contribution is 2.19. The molecule has 0 saturated carbocycles. The molecule has 0 aliphatic rings. The Morgan fingerprint density at radius 2 is 2.40 bits per heavy atom. The second-order valence-electron chi connectivity index (χ2n) is 4.69. The summed E-state index contributed by atoms with van der Waals surface area (Å²) in [6, 6.07) is 3.78. The summed E-state index contributed by atoms with van der Waals surface area (Å²) in [5, 5.41) is 2.85. The molecular formula is C14H20N4O2. The fourth-order valence-electron chi connectivity index (χ4n) is 1.86. The van der Waals surface area contributed by atoms with Gasteiger partial charge in [-0.2, -0.15) is 0 Å². The van der Waals surface area contributed by atoms with Crippen LogP contribution in [0, 0.1) is 0 Å². The summed E-state index contributed by atoms with van der Waals surface area (Å²) in [5.74, 6) is 0.443. The van der Waals surface area contributed by atoms with E-state index in [0.29, 0.717) is 17.9 Å². The van der Waals surface area contributed by atoms with Crippen molar-refractivity contribution in [2.24, 2.45) is 5.73 Å². The lowest BCUT2D eigenvalue weighted by Gasteiger charge is -2.12. The monoisotopic (exact) mass is 276 g/mol. The Morgan fingerprint density at radius 1 is 1.60 bits per heavy atom. The molecule has 0 spiro atoms. The highest BCUT2D eigenvalue weighted by Gasteiger charge is 2.10. The number of nitrogens with one attached hydrogen (secondary N) is 1. The van der Waals surface area contributed by atoms with Gasteiger partial charge in [-0.25, -0.2) is 4.98 Å². The summed E-state index contributed by atoms with van der Waals surface area (Å²) in [7, 11) is 0. The van der Waals surface area contributed by atoms with Gasteiger partial charge in [-0.3, -0.25) is 9.20 Å². The number of amides is 1. The molecule has 0 aromatic carbocycles. The zero-order valence-corrected chi connectivity index (χ0v) is 11.8. The van der Waals surface area contributed by atoms with Gasteiger partial charge in [0.15, 0.2) is 18.0 Å². The fraction of sp³-hybridized carbons (Fsp3) is 0.429. The first-order valence-electron chi connectivity index (χ1n) is 6.72. The van der Waals surface area contributed by atoms with Crippen LogP contribution < -0.4 is 15.8 Å². The van der Waals surface area contributed by atoms with Crippen molar-refractivity contribution in [1.29, 1.82) is 0 Å². The molecule has 1 atom stereocenters. The number of pyridine rings is 1. The number of ether oxygens (including phenoxy) is 1. The molecule has 0 radical (unpaired) electrons. The number of aromatic nitrogens is 2. The fourth-order valence-corrected chi connectivity index (χ4v) is 1.86. The molecule has 2 aromatic heterocycles. The third-order valence-electron chi connectivity index (χ3n) is 3.16. The maximum Gasteiger partial charge on any atom is 0.258 e. The number of hydrogen-bond acceptors (Lipinski definition) is 4. The van der Waals surface area contributed by atoms with Crippen molar-refractivity contribution in [3.8, 4) is 5.75 Å². The van der Waals surface area contributed by atoms with E-state index in [9.17, 15) is 4.79 Å². The number of carbonyl (C=O) groups is 1. The first-order valence-corrected chi connectivity index (χ1v) is 6.72. The summed E-state index contributed by atoms with van der Waals surface area (Å²) in [4.78, 5) is 16.0. The van der Waals surface area contributed by atoms with Gasteiger partial charge in [0.1, 0.15) is 0 Å². The summed E-state index contributed by atoms with van der Waals surface area (Å²) >= 11 is 0. The molecule has 2 aromatic rings. The van der Waals surface area contributed by atoms with E-state index in [1.165, 1.54) is 0 Å². The van der Waals surface area contributed by atoms with Crippen LogP contribution in [-0.2, 0) is 11.3 Å². The van der Waals surface area contributed by atoms with Crippen molar-refractivity contribution in [1.82, 2.24) is 14.7 Å². The average molecular weight is 276 g/mol. The third-order valence-corrected chi connectivity index (χ3v) is 3.16. The van der Waals surface area contributed by atoms with E-state index < -0.39 is 0 Å². The number of nitrogens with two attached hydrogens (primary N) is 1. The zero-order valence-electron chi connectivity index (χ0n) is 11.8. The SMILES string of the molecule is CCC(C)NC(=O)COc1cccn2c(CN)cnc12. The third kappa shape index (κ3) is 3.08. The molecule has 1 unspecified atom stereocenters. The van der Waals surface area contributed by atoms with Crippen LogP contribution in [0.15, 0.2) is 24.5 Å². The Hall–Kier alpha value is -2.08. The molecule has 6 heteroatoms. The minimum atomic E-state index is -0.132. The second-order valence-corrected chi connectivity index (χ2v) is 4.69. The minimum Gasteiger partial charge on any atom is -0.480 e. The first-order chi connectivity index (χ1) is 9.65. The Labute approximate surface area is 117 Å². The first kappa shape index (κ1) is 14.3. The van der Waals surface area contributed by atoms with Crippen molar-refractivity contribution in [2.45, 2.75) is 32.9 Å². The molecule has 2 rings (SSSR count). The summed E-state index contributed by atoms with van der Waals surface area (Å²) in [6.45, 7) is 4.36. The van der Waals surface area contributed by atoms with Crippen LogP contribution in [-0.4, -0.2) is 27.9 Å². The van der Waals surface area contributed by atoms with Crippen molar-refractivity contribution < 1.29 is 9.53 Å². The van der Waals surface area contributed by atoms with Crippen LogP contribution in [0.2, 0.25) is 0 Å². The van der Waals surface area contributed by atoms with E-state index in [1.54, 1.807) is 12.3 Å². The summed E-state index contributed by atoms with van der Waals surface area (Å²) in [5.41, 5.74) is 7.21. The van der Waals surface area contributed by atoms with Crippen LogP contribution in [0.1, 0.15) is 26.0 Å². The standard InChI is InChI=1S/C14H20N4O2/c1-3-10(2)17-13(19)9-20-12-5-4-6-18-11(7-15)8-16-14(12)18/h4-6,8,10H,3,7,9,15H2,1-2H3,(H,17,19). The Kier molecular flexibility index (Phi) is 4.57. The number of imidazole rings is 1. The highest BCUT2D eigenvalue weighted by atomic mass is 16.5. The minimum absolute atomic E-state index is 0.0190. The molecule has 0 bridgehead atoms. The van der Waals surface area contributed by atoms with E-state index in [-0.39, 0.29) is 18.6 Å². The van der Waals surface area contributed by atoms with Crippen LogP contribution in [0.4, 0.5) is 0 Å². The summed E-state index contributed by atoms with van der Waals surface area (Å²) < 4.78 is 7.41. The maximum absolute atomic E-state index is 11.7. The lowest BCUT2D eigenvalue weighted by atomic mass is 10.2. The van der Waals surface area contributed by atoms with E-state index in [1.807, 2.05) is 30.5 Å². The molecule has 0 aliphatic carbocycles. The van der Waals surface area contributed by atoms with E-state index >= 15 is 0 Å². The average Bonchev–Trinajstić information content (AvgIpc) is 2.88. The van der Waals surface area contributed by atoms with Gasteiger partial charge in [-0.15, -0.1) is 0 Å². The van der Waals surface area contributed by atoms with Crippen molar-refractivity contribution in [2.75, 3.05) is 6.61 Å². The number of nitrogens with zero attached hydrogens (tertiary/aromatic N) is 2. The zero-order chi connectivity index (χ0) is 14.5. The van der Waals surface area contributed by atoms with E-state index in [2.05, 4.69) is 10.3 Å². The van der Waals surface area contributed by atoms with E-state index in [0.717, 1.165) is 12.1 Å². The second kappa shape index (κ2) is 6.38. The van der Waals surface area contributed by atoms with Gasteiger partial charge >= 0.3 is 0 Å². The van der Waals surface area contributed by atoms with Gasteiger partial charge in [0.2, 0.25) is 0 Å². The lowest BCUT2D eigenvalue weighted by molar-refractivity contribution is -0.123. The maximum atomic E-state index is 11.7. The molecule has 0 saturated heterocycles. The Balaban J connectivity index is 2.07. The number of rotatable bonds is 6. The van der Waals surface area contributed by atoms with Crippen LogP contribution >= 0.6 is 0 Å². The van der Waals surface area contributed by atoms with E-state index in [4.69, 9.17) is 10.5 Å². The van der Waals surface area contributed by atoms with Gasteiger partial charge in [0.25, 0.3) is 5.91 Å². The molecule has 20 heavy (non-hydrogen) atoms.